The highest BCUT2D eigenvalue weighted by atomic mass is 16.6. The van der Waals surface area contributed by atoms with Gasteiger partial charge >= 0.3 is 0 Å². The first-order chi connectivity index (χ1) is 9.11. The topological polar surface area (TPSA) is 72.6 Å². The van der Waals surface area contributed by atoms with Crippen molar-refractivity contribution in [2.24, 2.45) is 0 Å². The van der Waals surface area contributed by atoms with Crippen LogP contribution in [-0.2, 0) is 6.61 Å². The summed E-state index contributed by atoms with van der Waals surface area (Å²) >= 11 is 0. The number of benzene rings is 2. The first kappa shape index (κ1) is 13.0. The van der Waals surface area contributed by atoms with E-state index in [0.29, 0.717) is 22.6 Å². The number of nitrogens with zero attached hydrogens (tertiary/aromatic N) is 1. The van der Waals surface area contributed by atoms with Crippen molar-refractivity contribution in [2.45, 2.75) is 13.5 Å². The van der Waals surface area contributed by atoms with Crippen LogP contribution < -0.4 is 4.74 Å². The molecule has 0 heterocycles. The summed E-state index contributed by atoms with van der Waals surface area (Å²) in [6, 6.07) is 11.5. The Morgan fingerprint density at radius 2 is 1.95 bits per heavy atom. The first-order valence-electron chi connectivity index (χ1n) is 5.73. The Morgan fingerprint density at radius 1 is 1.21 bits per heavy atom. The normalized spacial score (nSPS) is 10.2. The molecule has 5 nitrogen and oxygen atoms in total. The fourth-order valence-electron chi connectivity index (χ4n) is 1.71. The molecule has 0 aliphatic carbocycles. The van der Waals surface area contributed by atoms with E-state index in [4.69, 9.17) is 4.74 Å². The van der Waals surface area contributed by atoms with Gasteiger partial charge in [-0.15, -0.1) is 0 Å². The molecule has 2 rings (SSSR count). The molecule has 1 N–H and O–H groups in total. The first-order valence-corrected chi connectivity index (χ1v) is 5.73. The van der Waals surface area contributed by atoms with Gasteiger partial charge in [0.05, 0.1) is 11.5 Å². The van der Waals surface area contributed by atoms with Gasteiger partial charge in [-0.25, -0.2) is 0 Å². The monoisotopic (exact) mass is 259 g/mol. The van der Waals surface area contributed by atoms with Gasteiger partial charge < -0.3 is 9.84 Å². The van der Waals surface area contributed by atoms with Crippen LogP contribution >= 0.6 is 0 Å². The second kappa shape index (κ2) is 5.49. The van der Waals surface area contributed by atoms with Gasteiger partial charge in [0.1, 0.15) is 11.5 Å². The number of aliphatic hydroxyl groups is 1. The Morgan fingerprint density at radius 3 is 2.58 bits per heavy atom. The van der Waals surface area contributed by atoms with Crippen LogP contribution in [0.4, 0.5) is 5.69 Å². The van der Waals surface area contributed by atoms with Gasteiger partial charge in [0.15, 0.2) is 0 Å². The van der Waals surface area contributed by atoms with E-state index in [1.54, 1.807) is 37.3 Å². The molecule has 0 saturated carbocycles. The lowest BCUT2D eigenvalue weighted by Crippen LogP contribution is -1.94. The molecular weight excluding hydrogens is 246 g/mol. The molecule has 0 unspecified atom stereocenters. The minimum atomic E-state index is -0.446. The molecule has 0 atom stereocenters. The van der Waals surface area contributed by atoms with Gasteiger partial charge in [-0.1, -0.05) is 18.2 Å². The summed E-state index contributed by atoms with van der Waals surface area (Å²) in [6.45, 7) is 1.62. The largest absolute Gasteiger partial charge is 0.457 e. The predicted molar refractivity (Wildman–Crippen MR) is 70.3 cm³/mol. The molecule has 0 bridgehead atoms. The molecule has 0 aliphatic heterocycles. The van der Waals surface area contributed by atoms with Crippen LogP contribution in [0.5, 0.6) is 11.5 Å². The van der Waals surface area contributed by atoms with E-state index in [1.165, 1.54) is 12.1 Å². The van der Waals surface area contributed by atoms with Crippen molar-refractivity contribution in [3.63, 3.8) is 0 Å². The summed E-state index contributed by atoms with van der Waals surface area (Å²) in [5, 5.41) is 19.9. The van der Waals surface area contributed by atoms with Crippen LogP contribution in [0.15, 0.2) is 42.5 Å². The lowest BCUT2D eigenvalue weighted by molar-refractivity contribution is -0.384. The van der Waals surface area contributed by atoms with Gasteiger partial charge in [0.2, 0.25) is 0 Å². The van der Waals surface area contributed by atoms with E-state index in [-0.39, 0.29) is 12.3 Å². The summed E-state index contributed by atoms with van der Waals surface area (Å²) in [4.78, 5) is 10.2. The molecule has 0 radical (unpaired) electrons. The number of non-ortho nitro benzene ring substituents is 1. The molecule has 0 aliphatic rings. The number of para-hydroxylation sites is 1. The Bertz CT molecular complexity index is 610. The van der Waals surface area contributed by atoms with E-state index in [0.717, 1.165) is 0 Å². The Labute approximate surface area is 110 Å². The Hall–Kier alpha value is -2.40. The molecular formula is C14H13NO4. The number of hydrogen-bond donors (Lipinski definition) is 1. The fourth-order valence-corrected chi connectivity index (χ4v) is 1.71. The maximum Gasteiger partial charge on any atom is 0.269 e. The number of aryl methyl sites for hydroxylation is 1. The van der Waals surface area contributed by atoms with Crippen molar-refractivity contribution in [1.82, 2.24) is 0 Å². The zero-order chi connectivity index (χ0) is 13.8. The van der Waals surface area contributed by atoms with Crippen molar-refractivity contribution in [3.8, 4) is 11.5 Å². The Balaban J connectivity index is 2.31. The van der Waals surface area contributed by atoms with Gasteiger partial charge in [0, 0.05) is 17.7 Å². The van der Waals surface area contributed by atoms with Crippen LogP contribution in [0, 0.1) is 17.0 Å². The third-order valence-electron chi connectivity index (χ3n) is 2.73. The van der Waals surface area contributed by atoms with E-state index < -0.39 is 4.92 Å². The maximum absolute atomic E-state index is 10.7. The lowest BCUT2D eigenvalue weighted by Gasteiger charge is -2.11. The Kier molecular flexibility index (Phi) is 3.77. The average Bonchev–Trinajstić information content (AvgIpc) is 2.41. The van der Waals surface area contributed by atoms with E-state index in [1.807, 2.05) is 0 Å². The molecule has 0 spiro atoms. The standard InChI is InChI=1S/C14H13NO4/c1-10-8-12(15(17)18)6-7-13(10)19-14-5-3-2-4-11(14)9-16/h2-8,16H,9H2,1H3. The fraction of sp³-hybridized carbons (Fsp3) is 0.143. The molecule has 0 amide bonds. The minimum absolute atomic E-state index is 0.0280. The van der Waals surface area contributed by atoms with Crippen LogP contribution in [0.3, 0.4) is 0 Å². The number of aliphatic hydroxyl groups excluding tert-OH is 1. The van der Waals surface area contributed by atoms with Crippen LogP contribution in [0.1, 0.15) is 11.1 Å². The van der Waals surface area contributed by atoms with Gasteiger partial charge in [-0.2, -0.15) is 0 Å². The highest BCUT2D eigenvalue weighted by Crippen LogP contribution is 2.30. The summed E-state index contributed by atoms with van der Waals surface area (Å²) in [6.07, 6.45) is 0. The van der Waals surface area contributed by atoms with Crippen molar-refractivity contribution < 1.29 is 14.8 Å². The molecule has 5 heteroatoms. The third kappa shape index (κ3) is 2.89. The molecule has 0 fully saturated rings. The predicted octanol–water partition coefficient (Wildman–Crippen LogP) is 3.19. The summed E-state index contributed by atoms with van der Waals surface area (Å²) in [5.41, 5.74) is 1.36. The zero-order valence-electron chi connectivity index (χ0n) is 10.4. The van der Waals surface area contributed by atoms with Crippen molar-refractivity contribution in [1.29, 1.82) is 0 Å². The summed E-state index contributed by atoms with van der Waals surface area (Å²) < 4.78 is 5.68. The molecule has 19 heavy (non-hydrogen) atoms. The quantitative estimate of drug-likeness (QED) is 0.676. The minimum Gasteiger partial charge on any atom is -0.457 e. The van der Waals surface area contributed by atoms with Crippen LogP contribution in [0.25, 0.3) is 0 Å². The van der Waals surface area contributed by atoms with Crippen LogP contribution in [0.2, 0.25) is 0 Å². The van der Waals surface area contributed by atoms with Crippen molar-refractivity contribution in [2.75, 3.05) is 0 Å². The lowest BCUT2D eigenvalue weighted by atomic mass is 10.2. The summed E-state index contributed by atoms with van der Waals surface area (Å²) in [7, 11) is 0. The molecule has 98 valence electrons. The van der Waals surface area contributed by atoms with Gasteiger partial charge in [-0.3, -0.25) is 10.1 Å². The molecule has 2 aromatic rings. The van der Waals surface area contributed by atoms with Crippen molar-refractivity contribution >= 4 is 5.69 Å². The molecule has 2 aromatic carbocycles. The second-order valence-corrected chi connectivity index (χ2v) is 4.07. The van der Waals surface area contributed by atoms with E-state index >= 15 is 0 Å². The second-order valence-electron chi connectivity index (χ2n) is 4.07. The maximum atomic E-state index is 10.7. The number of rotatable bonds is 4. The van der Waals surface area contributed by atoms with Crippen molar-refractivity contribution in [3.05, 3.63) is 63.7 Å². The van der Waals surface area contributed by atoms with Crippen LogP contribution in [-0.4, -0.2) is 10.0 Å². The highest BCUT2D eigenvalue weighted by molar-refractivity contribution is 5.46. The SMILES string of the molecule is Cc1cc([N+](=O)[O-])ccc1Oc1ccccc1CO. The highest BCUT2D eigenvalue weighted by Gasteiger charge is 2.10. The van der Waals surface area contributed by atoms with Gasteiger partial charge in [0.25, 0.3) is 5.69 Å². The van der Waals surface area contributed by atoms with E-state index in [2.05, 4.69) is 0 Å². The number of hydrogen-bond acceptors (Lipinski definition) is 4. The number of ether oxygens (including phenoxy) is 1. The number of nitro benzene ring substituents is 1. The third-order valence-corrected chi connectivity index (χ3v) is 2.73. The van der Waals surface area contributed by atoms with Gasteiger partial charge in [-0.05, 0) is 24.6 Å². The molecule has 0 saturated heterocycles. The zero-order valence-corrected chi connectivity index (χ0v) is 10.4. The van der Waals surface area contributed by atoms with E-state index in [9.17, 15) is 15.2 Å². The number of nitro groups is 1. The molecule has 0 aromatic heterocycles. The average molecular weight is 259 g/mol. The summed E-state index contributed by atoms with van der Waals surface area (Å²) in [5.74, 6) is 1.08. The smallest absolute Gasteiger partial charge is 0.269 e.